The zero-order valence-electron chi connectivity index (χ0n) is 20.5. The van der Waals surface area contributed by atoms with E-state index in [1.807, 2.05) is 80.8 Å². The maximum absolute atomic E-state index is 13.0. The highest BCUT2D eigenvalue weighted by atomic mass is 16.3. The highest BCUT2D eigenvalue weighted by Crippen LogP contribution is 2.32. The van der Waals surface area contributed by atoms with Gasteiger partial charge in [0.1, 0.15) is 0 Å². The first-order chi connectivity index (χ1) is 17.0. The van der Waals surface area contributed by atoms with Gasteiger partial charge in [-0.1, -0.05) is 55.8 Å². The van der Waals surface area contributed by atoms with E-state index in [2.05, 4.69) is 17.2 Å². The molecule has 3 N–H and O–H groups in total. The lowest BCUT2D eigenvalue weighted by Crippen LogP contribution is -2.27. The fraction of sp³-hybridized carbons (Fsp3) is 0.241. The van der Waals surface area contributed by atoms with Crippen molar-refractivity contribution in [1.82, 2.24) is 15.2 Å². The van der Waals surface area contributed by atoms with E-state index in [4.69, 9.17) is 4.99 Å². The number of fused-ring (bicyclic) bond motifs is 1. The van der Waals surface area contributed by atoms with Gasteiger partial charge >= 0.3 is 0 Å². The number of aromatic amines is 1. The first kappa shape index (κ1) is 24.2. The van der Waals surface area contributed by atoms with Crippen LogP contribution in [0.3, 0.4) is 0 Å². The highest BCUT2D eigenvalue weighted by molar-refractivity contribution is 6.22. The molecule has 0 radical (unpaired) electrons. The molecule has 1 amide bonds. The van der Waals surface area contributed by atoms with Gasteiger partial charge < -0.3 is 20.3 Å². The fourth-order valence-corrected chi connectivity index (χ4v) is 4.15. The van der Waals surface area contributed by atoms with E-state index >= 15 is 0 Å². The van der Waals surface area contributed by atoms with E-state index in [9.17, 15) is 9.90 Å². The van der Waals surface area contributed by atoms with E-state index in [1.54, 1.807) is 11.0 Å². The Bertz CT molecular complexity index is 1320. The van der Waals surface area contributed by atoms with Gasteiger partial charge in [0.25, 0.3) is 5.91 Å². The molecule has 0 spiro atoms. The molecule has 0 saturated heterocycles. The van der Waals surface area contributed by atoms with Crippen molar-refractivity contribution in [2.45, 2.75) is 26.3 Å². The van der Waals surface area contributed by atoms with Crippen molar-refractivity contribution >= 4 is 28.2 Å². The van der Waals surface area contributed by atoms with Crippen LogP contribution in [0.15, 0.2) is 77.8 Å². The molecule has 180 valence electrons. The summed E-state index contributed by atoms with van der Waals surface area (Å²) in [7, 11) is 3.74. The Kier molecular flexibility index (Phi) is 7.63. The van der Waals surface area contributed by atoms with Gasteiger partial charge in [-0.05, 0) is 49.4 Å². The molecule has 0 bridgehead atoms. The molecule has 4 aromatic rings. The third kappa shape index (κ3) is 5.44. The molecule has 6 heteroatoms. The minimum Gasteiger partial charge on any atom is -0.494 e. The number of nitrogens with one attached hydrogen (secondary N) is 2. The molecule has 0 aliphatic carbocycles. The molecular weight excluding hydrogens is 436 g/mol. The molecule has 1 aromatic heterocycles. The number of hydrogen-bond donors (Lipinski definition) is 3. The van der Waals surface area contributed by atoms with Gasteiger partial charge in [0.15, 0.2) is 5.88 Å². The van der Waals surface area contributed by atoms with Crippen LogP contribution in [0.2, 0.25) is 0 Å². The number of carbonyl (C=O) groups excluding carboxylic acids is 1. The van der Waals surface area contributed by atoms with Crippen LogP contribution >= 0.6 is 0 Å². The topological polar surface area (TPSA) is 80.7 Å². The minimum absolute atomic E-state index is 0.0262. The standard InChI is InChI=1S/C29H32N4O2/c1-4-5-17-33(3)29(35)22-13-16-25-24(18-22)26(28(34)32-25)27(21-9-7-6-8-10-21)31-23-14-11-20(12-15-23)19-30-2/h6-16,18,30,32,34H,4-5,17,19H2,1-3H3. The summed E-state index contributed by atoms with van der Waals surface area (Å²) in [5.74, 6) is -0.0105. The quantitative estimate of drug-likeness (QED) is 0.278. The van der Waals surface area contributed by atoms with Gasteiger partial charge in [0.05, 0.1) is 17.0 Å². The lowest BCUT2D eigenvalue weighted by atomic mass is 9.99. The first-order valence-corrected chi connectivity index (χ1v) is 12.0. The summed E-state index contributed by atoms with van der Waals surface area (Å²) < 4.78 is 0. The molecule has 0 fully saturated rings. The Hall–Kier alpha value is -3.90. The minimum atomic E-state index is -0.0367. The smallest absolute Gasteiger partial charge is 0.253 e. The largest absolute Gasteiger partial charge is 0.494 e. The number of aromatic hydroxyl groups is 1. The van der Waals surface area contributed by atoms with Gasteiger partial charge in [-0.3, -0.25) is 4.79 Å². The van der Waals surface area contributed by atoms with E-state index in [0.717, 1.165) is 47.1 Å². The van der Waals surface area contributed by atoms with Crippen LogP contribution in [0.25, 0.3) is 10.9 Å². The van der Waals surface area contributed by atoms with Crippen LogP contribution in [0.4, 0.5) is 5.69 Å². The molecule has 0 saturated carbocycles. The number of aromatic nitrogens is 1. The maximum Gasteiger partial charge on any atom is 0.253 e. The monoisotopic (exact) mass is 468 g/mol. The Morgan fingerprint density at radius 1 is 1.03 bits per heavy atom. The predicted octanol–water partition coefficient (Wildman–Crippen LogP) is 5.63. The van der Waals surface area contributed by atoms with Crippen LogP contribution in [0.1, 0.15) is 46.8 Å². The maximum atomic E-state index is 13.0. The SMILES string of the molecule is CCCCN(C)C(=O)c1ccc2[nH]c(O)c(C(=Nc3ccc(CNC)cc3)c3ccccc3)c2c1. The molecule has 4 rings (SSSR count). The molecule has 0 aliphatic rings. The van der Waals surface area contributed by atoms with Crippen molar-refractivity contribution in [3.05, 3.63) is 95.1 Å². The fourth-order valence-electron chi connectivity index (χ4n) is 4.15. The number of rotatable bonds is 9. The number of amides is 1. The Balaban J connectivity index is 1.83. The number of H-pyrrole nitrogens is 1. The highest BCUT2D eigenvalue weighted by Gasteiger charge is 2.21. The van der Waals surface area contributed by atoms with Crippen LogP contribution in [0, 0.1) is 0 Å². The summed E-state index contributed by atoms with van der Waals surface area (Å²) in [6.07, 6.45) is 1.98. The van der Waals surface area contributed by atoms with E-state index in [0.29, 0.717) is 23.4 Å². The third-order valence-electron chi connectivity index (χ3n) is 6.06. The van der Waals surface area contributed by atoms with Gasteiger partial charge in [-0.15, -0.1) is 0 Å². The molecule has 3 aromatic carbocycles. The predicted molar refractivity (Wildman–Crippen MR) is 143 cm³/mol. The summed E-state index contributed by atoms with van der Waals surface area (Å²) in [5.41, 5.74) is 5.37. The van der Waals surface area contributed by atoms with Crippen molar-refractivity contribution < 1.29 is 9.90 Å². The van der Waals surface area contributed by atoms with Crippen molar-refractivity contribution in [3.63, 3.8) is 0 Å². The summed E-state index contributed by atoms with van der Waals surface area (Å²) in [6.45, 7) is 3.60. The van der Waals surface area contributed by atoms with Crippen molar-refractivity contribution in [2.75, 3.05) is 20.6 Å². The van der Waals surface area contributed by atoms with E-state index in [1.165, 1.54) is 0 Å². The van der Waals surface area contributed by atoms with Gasteiger partial charge in [-0.25, -0.2) is 4.99 Å². The molecule has 1 heterocycles. The number of hydrogen-bond acceptors (Lipinski definition) is 4. The van der Waals surface area contributed by atoms with Crippen LogP contribution in [-0.2, 0) is 6.54 Å². The molecule has 6 nitrogen and oxygen atoms in total. The van der Waals surface area contributed by atoms with Crippen molar-refractivity contribution in [1.29, 1.82) is 0 Å². The zero-order valence-corrected chi connectivity index (χ0v) is 20.5. The first-order valence-electron chi connectivity index (χ1n) is 12.0. The van der Waals surface area contributed by atoms with Gasteiger partial charge in [0.2, 0.25) is 0 Å². The van der Waals surface area contributed by atoms with E-state index < -0.39 is 0 Å². The second kappa shape index (κ2) is 11.0. The number of nitrogens with zero attached hydrogens (tertiary/aromatic N) is 2. The third-order valence-corrected chi connectivity index (χ3v) is 6.06. The Labute approximate surface area is 206 Å². The average Bonchev–Trinajstić information content (AvgIpc) is 3.21. The van der Waals surface area contributed by atoms with Gasteiger partial charge in [-0.2, -0.15) is 0 Å². The summed E-state index contributed by atoms with van der Waals surface area (Å²) in [5, 5.41) is 14.9. The van der Waals surface area contributed by atoms with Crippen molar-refractivity contribution in [2.24, 2.45) is 4.99 Å². The Morgan fingerprint density at radius 3 is 2.46 bits per heavy atom. The molecule has 35 heavy (non-hydrogen) atoms. The number of carbonyl (C=O) groups is 1. The van der Waals surface area contributed by atoms with Gasteiger partial charge in [0, 0.05) is 42.2 Å². The average molecular weight is 469 g/mol. The summed E-state index contributed by atoms with van der Waals surface area (Å²) in [6, 6.07) is 23.3. The number of benzene rings is 3. The molecular formula is C29H32N4O2. The molecule has 0 unspecified atom stereocenters. The normalized spacial score (nSPS) is 11.7. The number of aliphatic imine (C=N–C) groups is 1. The van der Waals surface area contributed by atoms with Crippen LogP contribution in [-0.4, -0.2) is 47.2 Å². The lowest BCUT2D eigenvalue weighted by molar-refractivity contribution is 0.0793. The molecule has 0 atom stereocenters. The second-order valence-electron chi connectivity index (χ2n) is 8.71. The van der Waals surface area contributed by atoms with Crippen molar-refractivity contribution in [3.8, 4) is 5.88 Å². The molecule has 0 aliphatic heterocycles. The summed E-state index contributed by atoms with van der Waals surface area (Å²) >= 11 is 0. The summed E-state index contributed by atoms with van der Waals surface area (Å²) in [4.78, 5) is 22.8. The lowest BCUT2D eigenvalue weighted by Gasteiger charge is -2.17. The second-order valence-corrected chi connectivity index (χ2v) is 8.71. The number of unbranched alkanes of at least 4 members (excludes halogenated alkanes) is 1. The van der Waals surface area contributed by atoms with E-state index in [-0.39, 0.29) is 11.8 Å². The van der Waals surface area contributed by atoms with Crippen LogP contribution in [0.5, 0.6) is 5.88 Å². The zero-order chi connectivity index (χ0) is 24.8. The van der Waals surface area contributed by atoms with Crippen LogP contribution < -0.4 is 5.32 Å². The Morgan fingerprint density at radius 2 is 1.77 bits per heavy atom.